The molecule has 0 spiro atoms. The number of benzene rings is 2. The molecule has 0 saturated carbocycles. The molecular formula is C15H13BrFN3. The lowest BCUT2D eigenvalue weighted by Gasteiger charge is -2.16. The van der Waals surface area contributed by atoms with Crippen molar-refractivity contribution in [1.29, 1.82) is 0 Å². The molecule has 0 bridgehead atoms. The molecule has 0 amide bonds. The molecule has 20 heavy (non-hydrogen) atoms. The zero-order valence-electron chi connectivity index (χ0n) is 10.8. The number of hydrogen-bond donors (Lipinski definition) is 2. The highest BCUT2D eigenvalue weighted by atomic mass is 79.9. The predicted molar refractivity (Wildman–Crippen MR) is 82.2 cm³/mol. The Kier molecular flexibility index (Phi) is 3.44. The van der Waals surface area contributed by atoms with E-state index in [1.165, 1.54) is 6.07 Å². The van der Waals surface area contributed by atoms with Crippen LogP contribution in [-0.4, -0.2) is 10.2 Å². The van der Waals surface area contributed by atoms with Crippen molar-refractivity contribution in [1.82, 2.24) is 10.2 Å². The summed E-state index contributed by atoms with van der Waals surface area (Å²) in [7, 11) is 0. The van der Waals surface area contributed by atoms with Crippen LogP contribution in [-0.2, 0) is 0 Å². The number of anilines is 1. The number of hydrogen-bond acceptors (Lipinski definition) is 2. The van der Waals surface area contributed by atoms with Crippen LogP contribution in [0.3, 0.4) is 0 Å². The van der Waals surface area contributed by atoms with Crippen molar-refractivity contribution in [3.63, 3.8) is 0 Å². The van der Waals surface area contributed by atoms with Crippen molar-refractivity contribution >= 4 is 32.5 Å². The van der Waals surface area contributed by atoms with Gasteiger partial charge in [0.05, 0.1) is 16.2 Å². The lowest BCUT2D eigenvalue weighted by Crippen LogP contribution is -2.06. The normalized spacial score (nSPS) is 12.6. The number of H-pyrrole nitrogens is 1. The lowest BCUT2D eigenvalue weighted by molar-refractivity contribution is 0.619. The molecule has 1 atom stereocenters. The molecule has 1 unspecified atom stereocenters. The Balaban J connectivity index is 1.83. The Hall–Kier alpha value is -1.88. The van der Waals surface area contributed by atoms with E-state index >= 15 is 0 Å². The van der Waals surface area contributed by atoms with Gasteiger partial charge < -0.3 is 5.32 Å². The van der Waals surface area contributed by atoms with Gasteiger partial charge in [0.25, 0.3) is 0 Å². The molecule has 2 aromatic carbocycles. The number of aromatic amines is 1. The summed E-state index contributed by atoms with van der Waals surface area (Å²) in [4.78, 5) is 0. The number of rotatable bonds is 3. The molecule has 3 nitrogen and oxygen atoms in total. The van der Waals surface area contributed by atoms with Gasteiger partial charge >= 0.3 is 0 Å². The number of nitrogens with one attached hydrogen (secondary N) is 2. The fourth-order valence-corrected chi connectivity index (χ4v) is 2.54. The molecule has 0 aliphatic rings. The number of aromatic nitrogens is 2. The first-order valence-corrected chi connectivity index (χ1v) is 7.07. The topological polar surface area (TPSA) is 40.7 Å². The quantitative estimate of drug-likeness (QED) is 0.733. The van der Waals surface area contributed by atoms with Gasteiger partial charge in [0.2, 0.25) is 0 Å². The number of fused-ring (bicyclic) bond motifs is 1. The van der Waals surface area contributed by atoms with Gasteiger partial charge in [0.15, 0.2) is 0 Å². The molecule has 2 N–H and O–H groups in total. The van der Waals surface area contributed by atoms with Crippen LogP contribution in [0, 0.1) is 5.82 Å². The summed E-state index contributed by atoms with van der Waals surface area (Å²) in [5, 5.41) is 11.4. The summed E-state index contributed by atoms with van der Waals surface area (Å²) >= 11 is 3.21. The third-order valence-electron chi connectivity index (χ3n) is 3.27. The Morgan fingerprint density at radius 2 is 2.10 bits per heavy atom. The second-order valence-electron chi connectivity index (χ2n) is 4.71. The third kappa shape index (κ3) is 2.54. The third-order valence-corrected chi connectivity index (χ3v) is 3.88. The van der Waals surface area contributed by atoms with E-state index in [-0.39, 0.29) is 11.9 Å². The zero-order chi connectivity index (χ0) is 14.1. The molecule has 0 saturated heterocycles. The molecule has 0 aliphatic heterocycles. The van der Waals surface area contributed by atoms with E-state index in [9.17, 15) is 4.39 Å². The van der Waals surface area contributed by atoms with Crippen LogP contribution in [0.15, 0.2) is 47.1 Å². The molecule has 0 radical (unpaired) electrons. The highest BCUT2D eigenvalue weighted by Crippen LogP contribution is 2.25. The average Bonchev–Trinajstić information content (AvgIpc) is 2.89. The second-order valence-corrected chi connectivity index (χ2v) is 5.57. The van der Waals surface area contributed by atoms with Gasteiger partial charge in [-0.05, 0) is 58.7 Å². The largest absolute Gasteiger partial charge is 0.378 e. The molecule has 0 aliphatic carbocycles. The summed E-state index contributed by atoms with van der Waals surface area (Å²) < 4.78 is 13.7. The zero-order valence-corrected chi connectivity index (χ0v) is 12.4. The Labute approximate surface area is 124 Å². The fourth-order valence-electron chi connectivity index (χ4n) is 2.14. The molecule has 3 rings (SSSR count). The fraction of sp³-hybridized carbons (Fsp3) is 0.133. The van der Waals surface area contributed by atoms with Crippen molar-refractivity contribution in [2.24, 2.45) is 0 Å². The van der Waals surface area contributed by atoms with Crippen LogP contribution in [0.25, 0.3) is 10.9 Å². The van der Waals surface area contributed by atoms with E-state index in [4.69, 9.17) is 0 Å². The van der Waals surface area contributed by atoms with Crippen molar-refractivity contribution in [3.05, 3.63) is 58.4 Å². The molecule has 3 aromatic rings. The van der Waals surface area contributed by atoms with E-state index in [0.717, 1.165) is 22.2 Å². The van der Waals surface area contributed by atoms with Gasteiger partial charge in [0, 0.05) is 17.1 Å². The SMILES string of the molecule is CC(Nc1ccc2cn[nH]c2c1)c1ccc(F)c(Br)c1. The smallest absolute Gasteiger partial charge is 0.137 e. The van der Waals surface area contributed by atoms with Crippen LogP contribution in [0.1, 0.15) is 18.5 Å². The maximum absolute atomic E-state index is 13.2. The Morgan fingerprint density at radius 3 is 2.90 bits per heavy atom. The molecular weight excluding hydrogens is 321 g/mol. The maximum atomic E-state index is 13.2. The first kappa shape index (κ1) is 13.1. The molecule has 102 valence electrons. The van der Waals surface area contributed by atoms with Gasteiger partial charge in [0.1, 0.15) is 5.82 Å². The summed E-state index contributed by atoms with van der Waals surface area (Å²) in [6.07, 6.45) is 1.79. The molecule has 1 aromatic heterocycles. The van der Waals surface area contributed by atoms with Crippen LogP contribution in [0.5, 0.6) is 0 Å². The first-order chi connectivity index (χ1) is 9.63. The summed E-state index contributed by atoms with van der Waals surface area (Å²) in [5.74, 6) is -0.250. The summed E-state index contributed by atoms with van der Waals surface area (Å²) in [5.41, 5.74) is 3.00. The minimum absolute atomic E-state index is 0.0762. The van der Waals surface area contributed by atoms with Crippen molar-refractivity contribution < 1.29 is 4.39 Å². The number of halogens is 2. The van der Waals surface area contributed by atoms with Crippen LogP contribution in [0.2, 0.25) is 0 Å². The monoisotopic (exact) mass is 333 g/mol. The Morgan fingerprint density at radius 1 is 1.25 bits per heavy atom. The van der Waals surface area contributed by atoms with Gasteiger partial charge in [-0.3, -0.25) is 5.10 Å². The van der Waals surface area contributed by atoms with E-state index < -0.39 is 0 Å². The van der Waals surface area contributed by atoms with Gasteiger partial charge in [-0.1, -0.05) is 6.07 Å². The van der Waals surface area contributed by atoms with Crippen molar-refractivity contribution in [2.45, 2.75) is 13.0 Å². The molecule has 5 heteroatoms. The summed E-state index contributed by atoms with van der Waals surface area (Å²) in [6, 6.07) is 11.1. The van der Waals surface area contributed by atoms with E-state index in [0.29, 0.717) is 4.47 Å². The number of nitrogens with zero attached hydrogens (tertiary/aromatic N) is 1. The second kappa shape index (κ2) is 5.25. The highest BCUT2D eigenvalue weighted by Gasteiger charge is 2.08. The van der Waals surface area contributed by atoms with E-state index in [1.54, 1.807) is 18.3 Å². The van der Waals surface area contributed by atoms with Crippen LogP contribution < -0.4 is 5.32 Å². The van der Waals surface area contributed by atoms with Gasteiger partial charge in [-0.25, -0.2) is 4.39 Å². The summed E-state index contributed by atoms with van der Waals surface area (Å²) in [6.45, 7) is 2.04. The molecule has 1 heterocycles. The van der Waals surface area contributed by atoms with E-state index in [2.05, 4.69) is 31.4 Å². The van der Waals surface area contributed by atoms with Gasteiger partial charge in [-0.2, -0.15) is 5.10 Å². The first-order valence-electron chi connectivity index (χ1n) is 6.28. The minimum atomic E-state index is -0.250. The van der Waals surface area contributed by atoms with Crippen molar-refractivity contribution in [3.8, 4) is 0 Å². The van der Waals surface area contributed by atoms with Crippen molar-refractivity contribution in [2.75, 3.05) is 5.32 Å². The predicted octanol–water partition coefficient (Wildman–Crippen LogP) is 4.64. The maximum Gasteiger partial charge on any atom is 0.137 e. The van der Waals surface area contributed by atoms with Crippen LogP contribution in [0.4, 0.5) is 10.1 Å². The standard InChI is InChI=1S/C15H13BrFN3/c1-9(10-3-5-14(17)13(16)6-10)19-12-4-2-11-8-18-20-15(11)7-12/h2-9,19H,1H3,(H,18,20). The minimum Gasteiger partial charge on any atom is -0.378 e. The highest BCUT2D eigenvalue weighted by molar-refractivity contribution is 9.10. The Bertz CT molecular complexity index is 754. The molecule has 0 fully saturated rings. The van der Waals surface area contributed by atoms with E-state index in [1.807, 2.05) is 25.1 Å². The average molecular weight is 334 g/mol. The van der Waals surface area contributed by atoms with Gasteiger partial charge in [-0.15, -0.1) is 0 Å². The lowest BCUT2D eigenvalue weighted by atomic mass is 10.1. The van der Waals surface area contributed by atoms with Crippen LogP contribution >= 0.6 is 15.9 Å².